The molecule has 0 aliphatic heterocycles. The molecule has 0 N–H and O–H groups in total. The summed E-state index contributed by atoms with van der Waals surface area (Å²) in [4.78, 5) is 0. The fourth-order valence-electron chi connectivity index (χ4n) is 7.00. The van der Waals surface area contributed by atoms with Gasteiger partial charge in [0, 0.05) is 0 Å². The number of allylic oxidation sites excluding steroid dienone is 4. The summed E-state index contributed by atoms with van der Waals surface area (Å²) >= 11 is 1.54. The second-order valence-electron chi connectivity index (χ2n) is 17.6. The molecule has 1 atom stereocenters. The number of halogens is 2. The van der Waals surface area contributed by atoms with Crippen molar-refractivity contribution in [2.75, 3.05) is 0 Å². The summed E-state index contributed by atoms with van der Waals surface area (Å²) in [6.45, 7) is 25.0. The van der Waals surface area contributed by atoms with E-state index in [-0.39, 0.29) is 35.6 Å². The molecule has 0 spiro atoms. The Morgan fingerprint density at radius 1 is 0.636 bits per heavy atom. The van der Waals surface area contributed by atoms with Crippen molar-refractivity contribution in [2.45, 2.75) is 99.8 Å². The Labute approximate surface area is 361 Å². The molecule has 0 heterocycles. The Morgan fingerprint density at radius 3 is 1.60 bits per heavy atom. The second-order valence-corrected chi connectivity index (χ2v) is 19.1. The van der Waals surface area contributed by atoms with Crippen molar-refractivity contribution in [3.8, 4) is 33.4 Å². The van der Waals surface area contributed by atoms with E-state index in [1.807, 2.05) is 0 Å². The van der Waals surface area contributed by atoms with Crippen LogP contribution >= 0.6 is 0 Å². The first-order valence-electron chi connectivity index (χ1n) is 19.3. The number of hydrogen-bond acceptors (Lipinski definition) is 0. The monoisotopic (exact) mass is 842 g/mol. The van der Waals surface area contributed by atoms with Crippen molar-refractivity contribution in [3.63, 3.8) is 0 Å². The number of benzene rings is 5. The van der Waals surface area contributed by atoms with E-state index < -0.39 is 0 Å². The molecule has 0 nitrogen and oxygen atoms in total. The molecule has 0 saturated carbocycles. The molecule has 7 rings (SSSR count). The fraction of sp³-hybridized carbons (Fsp3) is 0.327. The van der Waals surface area contributed by atoms with Crippen molar-refractivity contribution in [2.24, 2.45) is 11.3 Å². The molecule has 0 fully saturated rings. The Hall–Kier alpha value is -3.09. The van der Waals surface area contributed by atoms with Crippen LogP contribution in [0.3, 0.4) is 0 Å². The van der Waals surface area contributed by atoms with Gasteiger partial charge < -0.3 is 24.8 Å². The third-order valence-electron chi connectivity index (χ3n) is 10.1. The topological polar surface area (TPSA) is 0 Å². The van der Waals surface area contributed by atoms with Gasteiger partial charge in [-0.05, 0) is 39.5 Å². The minimum atomic E-state index is 0. The first-order valence-corrected chi connectivity index (χ1v) is 20.5. The molecule has 1 unspecified atom stereocenters. The summed E-state index contributed by atoms with van der Waals surface area (Å²) < 4.78 is 1.55. The SMILES string of the molecule is CC(C)(C)c1cc2c([c-]c1-c1ccccc1)Cc1cc(-c3ccccc3)c(C(C)(C)C)cc1-2.CC1[C-]=CC(C(C)(C)C)=C1.CC[C](=[Zr+2])c1ccccc1.[Cl-].[Cl-]. The van der Waals surface area contributed by atoms with Crippen LogP contribution in [0.1, 0.15) is 110 Å². The van der Waals surface area contributed by atoms with Crippen molar-refractivity contribution in [3.05, 3.63) is 167 Å². The molecule has 2 aliphatic carbocycles. The van der Waals surface area contributed by atoms with Gasteiger partial charge in [0.2, 0.25) is 0 Å². The Kier molecular flexibility index (Phi) is 16.3. The number of rotatable bonds is 4. The molecule has 5 aromatic rings. The number of hydrogen-bond donors (Lipinski definition) is 0. The maximum absolute atomic E-state index is 3.88. The zero-order chi connectivity index (χ0) is 38.6. The van der Waals surface area contributed by atoms with Crippen LogP contribution in [0, 0.1) is 23.5 Å². The van der Waals surface area contributed by atoms with Crippen LogP contribution in [0.5, 0.6) is 0 Å². The molecule has 0 saturated heterocycles. The van der Waals surface area contributed by atoms with Gasteiger partial charge in [-0.25, -0.2) is 6.08 Å². The van der Waals surface area contributed by atoms with Crippen LogP contribution < -0.4 is 24.8 Å². The van der Waals surface area contributed by atoms with E-state index in [9.17, 15) is 0 Å². The van der Waals surface area contributed by atoms with E-state index in [1.165, 1.54) is 97.4 Å². The van der Waals surface area contributed by atoms with Gasteiger partial charge in [-0.1, -0.05) is 170 Å². The summed E-state index contributed by atoms with van der Waals surface area (Å²) in [7, 11) is 0. The van der Waals surface area contributed by atoms with E-state index >= 15 is 0 Å². The zero-order valence-corrected chi connectivity index (χ0v) is 38.8. The smallest absolute Gasteiger partial charge is 1.00 e. The predicted molar refractivity (Wildman–Crippen MR) is 227 cm³/mol. The van der Waals surface area contributed by atoms with Gasteiger partial charge in [-0.15, -0.1) is 28.8 Å². The molecule has 0 bridgehead atoms. The van der Waals surface area contributed by atoms with Crippen LogP contribution in [0.2, 0.25) is 0 Å². The van der Waals surface area contributed by atoms with Crippen LogP contribution in [-0.4, -0.2) is 3.21 Å². The molecular weight excluding hydrogens is 787 g/mol. The zero-order valence-electron chi connectivity index (χ0n) is 34.8. The van der Waals surface area contributed by atoms with E-state index in [4.69, 9.17) is 0 Å². The van der Waals surface area contributed by atoms with Gasteiger partial charge in [-0.2, -0.15) is 11.6 Å². The molecule has 2 aliphatic rings. The third kappa shape index (κ3) is 11.7. The second kappa shape index (κ2) is 19.4. The minimum absolute atomic E-state index is 0. The van der Waals surface area contributed by atoms with Gasteiger partial charge >= 0.3 is 76.7 Å². The number of fused-ring (bicyclic) bond motifs is 3. The van der Waals surface area contributed by atoms with Crippen LogP contribution in [-0.2, 0) is 41.5 Å². The fourth-order valence-corrected chi connectivity index (χ4v) is 7.41. The van der Waals surface area contributed by atoms with E-state index in [0.717, 1.165) is 6.42 Å². The van der Waals surface area contributed by atoms with Gasteiger partial charge in [0.25, 0.3) is 0 Å². The first kappa shape index (κ1) is 46.3. The standard InChI is InChI=1S/C33H33.C10H15.C9H10.2ClH.Zr/c1-32(2,3)30-20-26-24(18-28(30)22-13-9-7-10-14-22)17-25-19-29(23-15-11-8-12-16-23)31(21-27(25)26)33(4,5)6;1-8-5-6-9(7-8)10(2,3)4;1-2-6-9-7-4-3-5-8-9;;;/h7-16,18,20-21H,17H2,1-6H3;6-8H,1-4H3;3-5,7-8H,2H2,1H3;2*1H;/q2*-1;;;;+2/p-2. The Bertz CT molecular complexity index is 1980. The summed E-state index contributed by atoms with van der Waals surface area (Å²) in [5.74, 6) is 0.522. The van der Waals surface area contributed by atoms with Crippen molar-refractivity contribution >= 4 is 3.21 Å². The minimum Gasteiger partial charge on any atom is -1.00 e. The average molecular weight is 845 g/mol. The van der Waals surface area contributed by atoms with Gasteiger partial charge in [-0.3, -0.25) is 6.08 Å². The Morgan fingerprint density at radius 2 is 1.15 bits per heavy atom. The molecule has 55 heavy (non-hydrogen) atoms. The first-order chi connectivity index (χ1) is 25.0. The largest absolute Gasteiger partial charge is 1.00 e. The van der Waals surface area contributed by atoms with Gasteiger partial charge in [0.1, 0.15) is 0 Å². The molecular formula is C52H58Cl2Zr-2. The molecule has 3 heteroatoms. The molecule has 0 radical (unpaired) electrons. The third-order valence-corrected chi connectivity index (χ3v) is 11.7. The Balaban J connectivity index is 0.000000303. The van der Waals surface area contributed by atoms with Crippen molar-refractivity contribution in [1.82, 2.24) is 0 Å². The van der Waals surface area contributed by atoms with Crippen molar-refractivity contribution in [1.29, 1.82) is 0 Å². The maximum Gasteiger partial charge on any atom is -1.00 e. The van der Waals surface area contributed by atoms with Crippen molar-refractivity contribution < 1.29 is 49.0 Å². The van der Waals surface area contributed by atoms with Gasteiger partial charge in [0.05, 0.1) is 0 Å². The summed E-state index contributed by atoms with van der Waals surface area (Å²) in [5, 5.41) is 0. The summed E-state index contributed by atoms with van der Waals surface area (Å²) in [6.07, 6.45) is 9.78. The quantitative estimate of drug-likeness (QED) is 0.158. The summed E-state index contributed by atoms with van der Waals surface area (Å²) in [6, 6.07) is 43.4. The summed E-state index contributed by atoms with van der Waals surface area (Å²) in [5.41, 5.74) is 16.6. The van der Waals surface area contributed by atoms with Crippen LogP contribution in [0.4, 0.5) is 0 Å². The maximum atomic E-state index is 3.88. The normalized spacial score (nSPS) is 14.1. The molecule has 0 aromatic heterocycles. The molecule has 286 valence electrons. The molecule has 5 aromatic carbocycles. The molecule has 0 amide bonds. The van der Waals surface area contributed by atoms with Crippen LogP contribution in [0.15, 0.2) is 127 Å². The predicted octanol–water partition coefficient (Wildman–Crippen LogP) is 8.13. The van der Waals surface area contributed by atoms with Gasteiger partial charge in [0.15, 0.2) is 0 Å². The van der Waals surface area contributed by atoms with Crippen LogP contribution in [0.25, 0.3) is 33.4 Å². The van der Waals surface area contributed by atoms with E-state index in [1.54, 1.807) is 3.21 Å². The van der Waals surface area contributed by atoms with E-state index in [0.29, 0.717) is 11.3 Å². The average Bonchev–Trinajstić information content (AvgIpc) is 3.74. The van der Waals surface area contributed by atoms with E-state index in [2.05, 4.69) is 210 Å².